The van der Waals surface area contributed by atoms with E-state index in [0.29, 0.717) is 24.9 Å². The Morgan fingerprint density at radius 1 is 0.818 bits per heavy atom. The molecule has 2 heterocycles. The fourth-order valence-electron chi connectivity index (χ4n) is 2.85. The molecule has 4 heteroatoms. The third-order valence-corrected chi connectivity index (χ3v) is 4.05. The second-order valence-electron chi connectivity index (χ2n) is 6.07. The van der Waals surface area contributed by atoms with E-state index in [1.165, 1.54) is 0 Å². The van der Waals surface area contributed by atoms with Crippen LogP contribution in [0, 0.1) is 0 Å². The van der Waals surface area contributed by atoms with Crippen LogP contribution in [-0.4, -0.2) is 23.9 Å². The lowest BCUT2D eigenvalue weighted by molar-refractivity contribution is -0.122. The predicted molar refractivity (Wildman–Crippen MR) is 90.4 cm³/mol. The Balaban J connectivity index is 0.000000220. The van der Waals surface area contributed by atoms with Gasteiger partial charge in [0.25, 0.3) is 0 Å². The summed E-state index contributed by atoms with van der Waals surface area (Å²) in [6.07, 6.45) is 13.6. The first kappa shape index (κ1) is 18.5. The van der Waals surface area contributed by atoms with Crippen LogP contribution in [0.4, 0.5) is 0 Å². The number of hydrogen-bond donors (Lipinski definition) is 2. The van der Waals surface area contributed by atoms with Gasteiger partial charge < -0.3 is 10.6 Å². The Bertz CT molecular complexity index is 343. The quantitative estimate of drug-likeness (QED) is 0.783. The van der Waals surface area contributed by atoms with Crippen molar-refractivity contribution < 1.29 is 9.59 Å². The van der Waals surface area contributed by atoms with E-state index in [2.05, 4.69) is 23.8 Å². The summed E-state index contributed by atoms with van der Waals surface area (Å²) < 4.78 is 0. The van der Waals surface area contributed by atoms with Crippen molar-refractivity contribution in [2.75, 3.05) is 0 Å². The monoisotopic (exact) mass is 306 g/mol. The summed E-state index contributed by atoms with van der Waals surface area (Å²) in [5, 5.41) is 5.94. The first-order valence-corrected chi connectivity index (χ1v) is 8.46. The van der Waals surface area contributed by atoms with Gasteiger partial charge >= 0.3 is 0 Å². The van der Waals surface area contributed by atoms with Gasteiger partial charge in [-0.3, -0.25) is 9.59 Å². The molecular weight excluding hydrogens is 276 g/mol. The van der Waals surface area contributed by atoms with Crippen molar-refractivity contribution >= 4 is 11.8 Å². The summed E-state index contributed by atoms with van der Waals surface area (Å²) in [5.74, 6) is 0.406. The molecule has 2 rings (SSSR count). The molecule has 0 spiro atoms. The molecule has 22 heavy (non-hydrogen) atoms. The van der Waals surface area contributed by atoms with Crippen LogP contribution in [0.2, 0.25) is 0 Å². The lowest BCUT2D eigenvalue weighted by Gasteiger charge is -2.12. The Morgan fingerprint density at radius 2 is 1.23 bits per heavy atom. The van der Waals surface area contributed by atoms with E-state index in [0.717, 1.165) is 51.4 Å². The Labute approximate surface area is 134 Å². The molecule has 4 nitrogen and oxygen atoms in total. The van der Waals surface area contributed by atoms with Crippen LogP contribution in [0.3, 0.4) is 0 Å². The number of carbonyl (C=O) groups excluding carboxylic acids is 2. The molecule has 0 saturated carbocycles. The SMILES string of the molecule is C=CCC1CCCCC(=O)N1.C=CC[C@@H]1CCCCC(=O)N1. The van der Waals surface area contributed by atoms with E-state index in [4.69, 9.17) is 0 Å². The van der Waals surface area contributed by atoms with E-state index in [9.17, 15) is 9.59 Å². The normalized spacial score (nSPS) is 25.5. The number of carbonyl (C=O) groups is 2. The lowest BCUT2D eigenvalue weighted by Crippen LogP contribution is -2.32. The molecule has 2 N–H and O–H groups in total. The van der Waals surface area contributed by atoms with Crippen molar-refractivity contribution in [3.63, 3.8) is 0 Å². The maximum atomic E-state index is 11.0. The molecule has 2 fully saturated rings. The zero-order chi connectivity index (χ0) is 16.2. The van der Waals surface area contributed by atoms with Crippen LogP contribution < -0.4 is 10.6 Å². The van der Waals surface area contributed by atoms with Gasteiger partial charge in [-0.05, 0) is 38.5 Å². The van der Waals surface area contributed by atoms with Crippen LogP contribution >= 0.6 is 0 Å². The standard InChI is InChI=1S/2C9H15NO/c2*1-2-5-8-6-3-4-7-9(11)10-8/h2*2,8H,1,3-7H2,(H,10,11)/t8-;/m1./s1. The van der Waals surface area contributed by atoms with Crippen molar-refractivity contribution in [3.8, 4) is 0 Å². The van der Waals surface area contributed by atoms with Crippen LogP contribution in [-0.2, 0) is 9.59 Å². The lowest BCUT2D eigenvalue weighted by atomic mass is 10.1. The molecule has 0 radical (unpaired) electrons. The molecule has 0 aromatic rings. The fraction of sp³-hybridized carbons (Fsp3) is 0.667. The van der Waals surface area contributed by atoms with Crippen LogP contribution in [0.25, 0.3) is 0 Å². The van der Waals surface area contributed by atoms with Crippen molar-refractivity contribution in [2.45, 2.75) is 76.3 Å². The summed E-state index contributed by atoms with van der Waals surface area (Å²) in [6.45, 7) is 7.32. The average Bonchev–Trinajstić information content (AvgIpc) is 2.81. The van der Waals surface area contributed by atoms with Crippen LogP contribution in [0.15, 0.2) is 25.3 Å². The molecular formula is C18H30N2O2. The van der Waals surface area contributed by atoms with Gasteiger partial charge in [0.05, 0.1) is 0 Å². The zero-order valence-corrected chi connectivity index (χ0v) is 13.6. The highest BCUT2D eigenvalue weighted by molar-refractivity contribution is 5.76. The summed E-state index contributed by atoms with van der Waals surface area (Å²) in [5.41, 5.74) is 0. The molecule has 2 saturated heterocycles. The molecule has 2 amide bonds. The van der Waals surface area contributed by atoms with E-state index < -0.39 is 0 Å². The number of nitrogens with one attached hydrogen (secondary N) is 2. The summed E-state index contributed by atoms with van der Waals surface area (Å²) in [7, 11) is 0. The predicted octanol–water partition coefficient (Wildman–Crippen LogP) is 3.24. The van der Waals surface area contributed by atoms with Gasteiger partial charge in [-0.2, -0.15) is 0 Å². The Morgan fingerprint density at radius 3 is 1.59 bits per heavy atom. The maximum absolute atomic E-state index is 11.0. The van der Waals surface area contributed by atoms with Crippen LogP contribution in [0.5, 0.6) is 0 Å². The van der Waals surface area contributed by atoms with Crippen LogP contribution in [0.1, 0.15) is 64.2 Å². The van der Waals surface area contributed by atoms with Crippen molar-refractivity contribution in [3.05, 3.63) is 25.3 Å². The molecule has 0 aromatic heterocycles. The van der Waals surface area contributed by atoms with Gasteiger partial charge in [-0.1, -0.05) is 25.0 Å². The van der Waals surface area contributed by atoms with E-state index in [1.54, 1.807) is 0 Å². The van der Waals surface area contributed by atoms with Gasteiger partial charge in [-0.15, -0.1) is 13.2 Å². The minimum Gasteiger partial charge on any atom is -0.353 e. The minimum absolute atomic E-state index is 0.203. The third kappa shape index (κ3) is 8.01. The van der Waals surface area contributed by atoms with Crippen molar-refractivity contribution in [1.29, 1.82) is 0 Å². The molecule has 0 bridgehead atoms. The number of rotatable bonds is 4. The minimum atomic E-state index is 0.203. The number of amides is 2. The zero-order valence-electron chi connectivity index (χ0n) is 13.6. The molecule has 0 aliphatic carbocycles. The van der Waals surface area contributed by atoms with Crippen molar-refractivity contribution in [2.24, 2.45) is 0 Å². The molecule has 2 atom stereocenters. The van der Waals surface area contributed by atoms with E-state index in [-0.39, 0.29) is 11.8 Å². The second kappa shape index (κ2) is 11.0. The fourth-order valence-corrected chi connectivity index (χ4v) is 2.85. The largest absolute Gasteiger partial charge is 0.353 e. The summed E-state index contributed by atoms with van der Waals surface area (Å²) in [6, 6.07) is 0.699. The van der Waals surface area contributed by atoms with Gasteiger partial charge in [-0.25, -0.2) is 0 Å². The van der Waals surface area contributed by atoms with E-state index >= 15 is 0 Å². The highest BCUT2D eigenvalue weighted by atomic mass is 16.2. The maximum Gasteiger partial charge on any atom is 0.220 e. The summed E-state index contributed by atoms with van der Waals surface area (Å²) >= 11 is 0. The van der Waals surface area contributed by atoms with E-state index in [1.807, 2.05) is 12.2 Å². The highest BCUT2D eigenvalue weighted by Crippen LogP contribution is 2.12. The number of hydrogen-bond acceptors (Lipinski definition) is 2. The first-order valence-electron chi connectivity index (χ1n) is 8.46. The van der Waals surface area contributed by atoms with Gasteiger partial charge in [0.1, 0.15) is 0 Å². The molecule has 2 aliphatic rings. The Kier molecular flexibility index (Phi) is 9.28. The molecule has 1 unspecified atom stereocenters. The molecule has 124 valence electrons. The topological polar surface area (TPSA) is 58.2 Å². The van der Waals surface area contributed by atoms with Crippen molar-refractivity contribution in [1.82, 2.24) is 10.6 Å². The summed E-state index contributed by atoms with van der Waals surface area (Å²) in [4.78, 5) is 22.0. The molecule has 2 aliphatic heterocycles. The van der Waals surface area contributed by atoms with Gasteiger partial charge in [0.2, 0.25) is 11.8 Å². The van der Waals surface area contributed by atoms with Gasteiger partial charge in [0, 0.05) is 24.9 Å². The third-order valence-electron chi connectivity index (χ3n) is 4.05. The second-order valence-corrected chi connectivity index (χ2v) is 6.07. The van der Waals surface area contributed by atoms with Gasteiger partial charge in [0.15, 0.2) is 0 Å². The first-order chi connectivity index (χ1) is 10.7. The Hall–Kier alpha value is -1.58. The highest BCUT2D eigenvalue weighted by Gasteiger charge is 2.14. The average molecular weight is 306 g/mol. The molecule has 0 aromatic carbocycles. The smallest absolute Gasteiger partial charge is 0.220 e.